The molecule has 28 heavy (non-hydrogen) atoms. The third kappa shape index (κ3) is 5.52. The minimum absolute atomic E-state index is 0.424. The molecule has 1 aromatic rings. The van der Waals surface area contributed by atoms with Gasteiger partial charge in [-0.1, -0.05) is 20.8 Å². The lowest BCUT2D eigenvalue weighted by atomic mass is 9.79. The standard InChI is InChI=1S/C20H30N4O2.C2H6/c1-13-6-14(8-18(7-13)22-17-2-3-17)11-24-5-4-19-16(12-24)9-15(10-21-19)20(25)23-26;1-2/h9-10,13-14,17-18,22,26H,2-8,11-12H2,1H3,(H,23,25);1-2H3. The number of carbonyl (C=O) groups excluding carboxylic acids is 1. The van der Waals surface area contributed by atoms with Crippen molar-refractivity contribution in [3.8, 4) is 0 Å². The molecule has 3 atom stereocenters. The first-order chi connectivity index (χ1) is 13.6. The molecule has 156 valence electrons. The molecular weight excluding hydrogens is 352 g/mol. The van der Waals surface area contributed by atoms with E-state index in [0.717, 1.165) is 55.2 Å². The molecule has 1 aromatic heterocycles. The lowest BCUT2D eigenvalue weighted by Crippen LogP contribution is -2.42. The van der Waals surface area contributed by atoms with Crippen LogP contribution < -0.4 is 10.8 Å². The number of nitrogens with one attached hydrogen (secondary N) is 2. The summed E-state index contributed by atoms with van der Waals surface area (Å²) in [5, 5.41) is 12.7. The molecule has 6 nitrogen and oxygen atoms in total. The molecule has 2 heterocycles. The summed E-state index contributed by atoms with van der Waals surface area (Å²) in [6.07, 6.45) is 9.12. The molecule has 6 heteroatoms. The number of aromatic nitrogens is 1. The molecule has 1 aliphatic heterocycles. The van der Waals surface area contributed by atoms with Crippen molar-refractivity contribution >= 4 is 5.91 Å². The summed E-state index contributed by atoms with van der Waals surface area (Å²) in [4.78, 5) is 18.6. The summed E-state index contributed by atoms with van der Waals surface area (Å²) in [5.74, 6) is 1.05. The molecule has 4 rings (SSSR count). The highest BCUT2D eigenvalue weighted by molar-refractivity contribution is 5.93. The van der Waals surface area contributed by atoms with Crippen LogP contribution in [0.1, 0.15) is 74.5 Å². The first-order valence-corrected chi connectivity index (χ1v) is 11.0. The predicted octanol–water partition coefficient (Wildman–Crippen LogP) is 3.14. The van der Waals surface area contributed by atoms with Gasteiger partial charge in [-0.2, -0.15) is 0 Å². The van der Waals surface area contributed by atoms with Crippen LogP contribution in [0.15, 0.2) is 12.3 Å². The van der Waals surface area contributed by atoms with Crippen LogP contribution in [0, 0.1) is 11.8 Å². The Hall–Kier alpha value is -1.50. The molecule has 0 aromatic carbocycles. The van der Waals surface area contributed by atoms with Crippen molar-refractivity contribution in [1.82, 2.24) is 20.7 Å². The van der Waals surface area contributed by atoms with Gasteiger partial charge < -0.3 is 5.32 Å². The molecular formula is C22H36N4O2. The zero-order chi connectivity index (χ0) is 20.1. The van der Waals surface area contributed by atoms with Crippen molar-refractivity contribution in [3.63, 3.8) is 0 Å². The van der Waals surface area contributed by atoms with Crippen LogP contribution in [0.25, 0.3) is 0 Å². The average molecular weight is 389 g/mol. The molecule has 2 saturated carbocycles. The lowest BCUT2D eigenvalue weighted by Gasteiger charge is -2.38. The van der Waals surface area contributed by atoms with Crippen LogP contribution in [0.3, 0.4) is 0 Å². The number of hydrogen-bond donors (Lipinski definition) is 3. The van der Waals surface area contributed by atoms with Crippen LogP contribution >= 0.6 is 0 Å². The Balaban J connectivity index is 0.00000109. The van der Waals surface area contributed by atoms with Gasteiger partial charge in [0, 0.05) is 50.0 Å². The molecule has 0 saturated heterocycles. The normalized spacial score (nSPS) is 27.4. The highest BCUT2D eigenvalue weighted by Crippen LogP contribution is 2.33. The van der Waals surface area contributed by atoms with Crippen molar-refractivity contribution in [2.75, 3.05) is 13.1 Å². The first kappa shape index (κ1) is 21.2. The zero-order valence-corrected chi connectivity index (χ0v) is 17.6. The van der Waals surface area contributed by atoms with Gasteiger partial charge in [-0.05, 0) is 55.6 Å². The van der Waals surface area contributed by atoms with E-state index in [4.69, 9.17) is 5.21 Å². The van der Waals surface area contributed by atoms with Crippen molar-refractivity contribution in [2.45, 2.75) is 77.9 Å². The van der Waals surface area contributed by atoms with Crippen molar-refractivity contribution in [2.24, 2.45) is 11.8 Å². The molecule has 3 unspecified atom stereocenters. The largest absolute Gasteiger partial charge is 0.311 e. The van der Waals surface area contributed by atoms with Gasteiger partial charge in [0.2, 0.25) is 0 Å². The summed E-state index contributed by atoms with van der Waals surface area (Å²) in [5.41, 5.74) is 4.32. The second kappa shape index (κ2) is 9.81. The van der Waals surface area contributed by atoms with E-state index >= 15 is 0 Å². The van der Waals surface area contributed by atoms with Crippen molar-refractivity contribution < 1.29 is 10.0 Å². The molecule has 0 spiro atoms. The molecule has 3 aliphatic rings. The van der Waals surface area contributed by atoms with Crippen LogP contribution in [-0.2, 0) is 13.0 Å². The van der Waals surface area contributed by atoms with Crippen LogP contribution in [0.4, 0.5) is 0 Å². The highest BCUT2D eigenvalue weighted by Gasteiger charge is 2.32. The monoisotopic (exact) mass is 388 g/mol. The average Bonchev–Trinajstić information content (AvgIpc) is 3.52. The van der Waals surface area contributed by atoms with Crippen LogP contribution in [0.2, 0.25) is 0 Å². The van der Waals surface area contributed by atoms with Gasteiger partial charge >= 0.3 is 0 Å². The molecule has 0 radical (unpaired) electrons. The number of carbonyl (C=O) groups is 1. The maximum atomic E-state index is 11.6. The number of hydrogen-bond acceptors (Lipinski definition) is 5. The molecule has 3 N–H and O–H groups in total. The maximum absolute atomic E-state index is 11.6. The Bertz CT molecular complexity index is 660. The predicted molar refractivity (Wildman–Crippen MR) is 110 cm³/mol. The Morgan fingerprint density at radius 3 is 2.75 bits per heavy atom. The minimum atomic E-state index is -0.493. The summed E-state index contributed by atoms with van der Waals surface area (Å²) >= 11 is 0. The number of amides is 1. The second-order valence-corrected chi connectivity index (χ2v) is 8.57. The fourth-order valence-corrected chi connectivity index (χ4v) is 4.81. The van der Waals surface area contributed by atoms with Gasteiger partial charge in [0.1, 0.15) is 0 Å². The molecule has 2 fully saturated rings. The van der Waals surface area contributed by atoms with Gasteiger partial charge in [0.05, 0.1) is 5.56 Å². The first-order valence-electron chi connectivity index (χ1n) is 11.0. The van der Waals surface area contributed by atoms with E-state index in [1.807, 2.05) is 19.9 Å². The maximum Gasteiger partial charge on any atom is 0.276 e. The second-order valence-electron chi connectivity index (χ2n) is 8.57. The van der Waals surface area contributed by atoms with Crippen molar-refractivity contribution in [1.29, 1.82) is 0 Å². The van der Waals surface area contributed by atoms with Gasteiger partial charge in [0.15, 0.2) is 0 Å². The Kier molecular flexibility index (Phi) is 7.43. The van der Waals surface area contributed by atoms with E-state index in [2.05, 4.69) is 22.1 Å². The third-order valence-electron chi connectivity index (χ3n) is 6.09. The SMILES string of the molecule is CC.CC1CC(CN2CCc3ncc(C(=O)NO)cc3C2)CC(NC2CC2)C1. The van der Waals surface area contributed by atoms with E-state index in [0.29, 0.717) is 11.6 Å². The summed E-state index contributed by atoms with van der Waals surface area (Å²) in [6, 6.07) is 3.35. The fraction of sp³-hybridized carbons (Fsp3) is 0.727. The molecule has 1 amide bonds. The van der Waals surface area contributed by atoms with Crippen molar-refractivity contribution in [3.05, 3.63) is 29.1 Å². The Morgan fingerprint density at radius 2 is 2.04 bits per heavy atom. The third-order valence-corrected chi connectivity index (χ3v) is 6.09. The Morgan fingerprint density at radius 1 is 1.25 bits per heavy atom. The van der Waals surface area contributed by atoms with Gasteiger partial charge in [0.25, 0.3) is 5.91 Å². The van der Waals surface area contributed by atoms with Crippen LogP contribution in [0.5, 0.6) is 0 Å². The number of fused-ring (bicyclic) bond motifs is 1. The van der Waals surface area contributed by atoms with Gasteiger partial charge in [-0.15, -0.1) is 0 Å². The summed E-state index contributed by atoms with van der Waals surface area (Å²) in [6.45, 7) is 9.41. The summed E-state index contributed by atoms with van der Waals surface area (Å²) < 4.78 is 0. The van der Waals surface area contributed by atoms with Gasteiger partial charge in [-0.3, -0.25) is 19.9 Å². The smallest absolute Gasteiger partial charge is 0.276 e. The van der Waals surface area contributed by atoms with Gasteiger partial charge in [-0.25, -0.2) is 5.48 Å². The molecule has 2 aliphatic carbocycles. The Labute approximate surface area is 169 Å². The van der Waals surface area contributed by atoms with Crippen LogP contribution in [-0.4, -0.2) is 46.2 Å². The summed E-state index contributed by atoms with van der Waals surface area (Å²) in [7, 11) is 0. The zero-order valence-electron chi connectivity index (χ0n) is 17.6. The van der Waals surface area contributed by atoms with E-state index in [1.54, 1.807) is 11.7 Å². The minimum Gasteiger partial charge on any atom is -0.311 e. The van der Waals surface area contributed by atoms with E-state index in [1.165, 1.54) is 32.1 Å². The lowest BCUT2D eigenvalue weighted by molar-refractivity contribution is 0.0705. The van der Waals surface area contributed by atoms with E-state index < -0.39 is 5.91 Å². The molecule has 0 bridgehead atoms. The number of rotatable bonds is 5. The fourth-order valence-electron chi connectivity index (χ4n) is 4.81. The quantitative estimate of drug-likeness (QED) is 0.534. The van der Waals surface area contributed by atoms with E-state index in [-0.39, 0.29) is 0 Å². The topological polar surface area (TPSA) is 77.5 Å². The number of pyridine rings is 1. The number of hydroxylamine groups is 1. The number of nitrogens with zero attached hydrogens (tertiary/aromatic N) is 2. The highest BCUT2D eigenvalue weighted by atomic mass is 16.5. The van der Waals surface area contributed by atoms with E-state index in [9.17, 15) is 4.79 Å².